The third kappa shape index (κ3) is 4.68. The first kappa shape index (κ1) is 19.4. The molecule has 1 unspecified atom stereocenters. The molecular formula is C21H22FN3O3. The third-order valence-electron chi connectivity index (χ3n) is 4.29. The van der Waals surface area contributed by atoms with E-state index < -0.39 is 5.82 Å². The third-order valence-corrected chi connectivity index (χ3v) is 4.29. The van der Waals surface area contributed by atoms with E-state index in [-0.39, 0.29) is 12.1 Å². The van der Waals surface area contributed by atoms with Gasteiger partial charge in [-0.1, -0.05) is 29.4 Å². The van der Waals surface area contributed by atoms with Crippen LogP contribution in [0.15, 0.2) is 66.3 Å². The number of hydrogen-bond acceptors (Lipinski definition) is 4. The van der Waals surface area contributed by atoms with Crippen molar-refractivity contribution in [1.29, 1.82) is 0 Å². The van der Waals surface area contributed by atoms with Gasteiger partial charge in [-0.2, -0.15) is 0 Å². The molecule has 0 bridgehead atoms. The summed E-state index contributed by atoms with van der Waals surface area (Å²) in [5.74, 6) is 0.305. The fraction of sp³-hybridized carbons (Fsp3) is 0.238. The highest BCUT2D eigenvalue weighted by Gasteiger charge is 2.27. The number of halogens is 1. The smallest absolute Gasteiger partial charge is 0.322 e. The summed E-state index contributed by atoms with van der Waals surface area (Å²) in [5.41, 5.74) is 2.02. The lowest BCUT2D eigenvalue weighted by molar-refractivity contribution is 0.0645. The zero-order valence-corrected chi connectivity index (χ0v) is 15.6. The van der Waals surface area contributed by atoms with Crippen LogP contribution in [0.2, 0.25) is 0 Å². The first-order valence-corrected chi connectivity index (χ1v) is 8.89. The molecule has 6 nitrogen and oxygen atoms in total. The van der Waals surface area contributed by atoms with Crippen molar-refractivity contribution >= 4 is 17.4 Å². The van der Waals surface area contributed by atoms with E-state index in [0.29, 0.717) is 25.2 Å². The number of benzene rings is 2. The normalized spacial score (nSPS) is 15.4. The lowest BCUT2D eigenvalue weighted by Gasteiger charge is -2.23. The molecule has 0 radical (unpaired) electrons. The molecule has 0 spiro atoms. The molecule has 2 aromatic carbocycles. The summed E-state index contributed by atoms with van der Waals surface area (Å²) >= 11 is 0. The van der Waals surface area contributed by atoms with Gasteiger partial charge in [-0.3, -0.25) is 0 Å². The van der Waals surface area contributed by atoms with E-state index >= 15 is 0 Å². The van der Waals surface area contributed by atoms with E-state index in [9.17, 15) is 9.18 Å². The summed E-state index contributed by atoms with van der Waals surface area (Å²) in [6.45, 7) is 4.34. The van der Waals surface area contributed by atoms with E-state index in [1.54, 1.807) is 24.2 Å². The molecule has 1 aliphatic heterocycles. The number of amides is 2. The molecule has 1 atom stereocenters. The van der Waals surface area contributed by atoms with Crippen molar-refractivity contribution in [3.8, 4) is 5.75 Å². The van der Waals surface area contributed by atoms with Gasteiger partial charge in [0.25, 0.3) is 0 Å². The molecule has 2 amide bonds. The van der Waals surface area contributed by atoms with Gasteiger partial charge in [-0.25, -0.2) is 9.18 Å². The summed E-state index contributed by atoms with van der Waals surface area (Å²) in [5, 5.41) is 6.86. The summed E-state index contributed by atoms with van der Waals surface area (Å²) < 4.78 is 18.7. The Kier molecular flexibility index (Phi) is 6.26. The molecule has 1 N–H and O–H groups in total. The molecule has 3 rings (SSSR count). The van der Waals surface area contributed by atoms with Crippen molar-refractivity contribution in [2.75, 3.05) is 25.5 Å². The molecule has 0 saturated carbocycles. The van der Waals surface area contributed by atoms with E-state index in [1.807, 2.05) is 24.3 Å². The van der Waals surface area contributed by atoms with E-state index in [1.165, 1.54) is 18.2 Å². The average Bonchev–Trinajstić information content (AvgIpc) is 3.16. The predicted octanol–water partition coefficient (Wildman–Crippen LogP) is 4.05. The highest BCUT2D eigenvalue weighted by atomic mass is 19.1. The number of nitrogens with zero attached hydrogens (tertiary/aromatic N) is 2. The van der Waals surface area contributed by atoms with Gasteiger partial charge in [0.15, 0.2) is 6.10 Å². The Hall–Kier alpha value is -3.35. The maximum Gasteiger partial charge on any atom is 0.322 e. The van der Waals surface area contributed by atoms with Crippen molar-refractivity contribution in [2.45, 2.75) is 12.5 Å². The molecule has 7 heteroatoms. The summed E-state index contributed by atoms with van der Waals surface area (Å²) in [6.07, 6.45) is 1.88. The van der Waals surface area contributed by atoms with Crippen molar-refractivity contribution in [1.82, 2.24) is 4.90 Å². The summed E-state index contributed by atoms with van der Waals surface area (Å²) in [7, 11) is 1.61. The van der Waals surface area contributed by atoms with Crippen LogP contribution >= 0.6 is 0 Å². The molecule has 146 valence electrons. The second-order valence-corrected chi connectivity index (χ2v) is 6.30. The van der Waals surface area contributed by atoms with Gasteiger partial charge in [-0.15, -0.1) is 6.58 Å². The van der Waals surface area contributed by atoms with Crippen LogP contribution in [0.4, 0.5) is 14.9 Å². The van der Waals surface area contributed by atoms with Crippen LogP contribution in [0.1, 0.15) is 12.0 Å². The average molecular weight is 383 g/mol. The second kappa shape index (κ2) is 9.03. The van der Waals surface area contributed by atoms with Crippen LogP contribution in [0.5, 0.6) is 5.75 Å². The van der Waals surface area contributed by atoms with E-state index in [0.717, 1.165) is 17.0 Å². The maximum absolute atomic E-state index is 13.3. The number of para-hydroxylation sites is 1. The van der Waals surface area contributed by atoms with Crippen molar-refractivity contribution in [3.05, 3.63) is 72.6 Å². The quantitative estimate of drug-likeness (QED) is 0.734. The van der Waals surface area contributed by atoms with Gasteiger partial charge in [0, 0.05) is 24.2 Å². The highest BCUT2D eigenvalue weighted by Crippen LogP contribution is 2.25. The monoisotopic (exact) mass is 383 g/mol. The SMILES string of the molecule is C=CCN(CC1CC(c2ccccc2OC)=NO1)C(=O)Nc1cccc(F)c1. The Balaban J connectivity index is 1.63. The number of hydrogen-bond donors (Lipinski definition) is 1. The number of oxime groups is 1. The molecule has 0 aliphatic carbocycles. The summed E-state index contributed by atoms with van der Waals surface area (Å²) in [6, 6.07) is 13.0. The topological polar surface area (TPSA) is 63.2 Å². The number of nitrogens with one attached hydrogen (secondary N) is 1. The Morgan fingerprint density at radius 3 is 2.96 bits per heavy atom. The predicted molar refractivity (Wildman–Crippen MR) is 106 cm³/mol. The Morgan fingerprint density at radius 2 is 2.21 bits per heavy atom. The Morgan fingerprint density at radius 1 is 1.39 bits per heavy atom. The number of ether oxygens (including phenoxy) is 1. The summed E-state index contributed by atoms with van der Waals surface area (Å²) in [4.78, 5) is 19.7. The second-order valence-electron chi connectivity index (χ2n) is 6.30. The molecule has 0 saturated heterocycles. The van der Waals surface area contributed by atoms with Gasteiger partial charge in [0.1, 0.15) is 11.6 Å². The number of rotatable bonds is 7. The van der Waals surface area contributed by atoms with Crippen LogP contribution in [-0.4, -0.2) is 42.9 Å². The molecule has 28 heavy (non-hydrogen) atoms. The van der Waals surface area contributed by atoms with Crippen LogP contribution in [0.3, 0.4) is 0 Å². The molecule has 1 aliphatic rings. The number of methoxy groups -OCH3 is 1. The maximum atomic E-state index is 13.3. The minimum absolute atomic E-state index is 0.293. The molecule has 2 aromatic rings. The van der Waals surface area contributed by atoms with Crippen LogP contribution in [0.25, 0.3) is 0 Å². The first-order valence-electron chi connectivity index (χ1n) is 8.89. The minimum atomic E-state index is -0.415. The number of anilines is 1. The van der Waals surface area contributed by atoms with Crippen molar-refractivity contribution in [2.24, 2.45) is 5.16 Å². The zero-order valence-electron chi connectivity index (χ0n) is 15.6. The minimum Gasteiger partial charge on any atom is -0.496 e. The van der Waals surface area contributed by atoms with Crippen molar-refractivity contribution < 1.29 is 18.8 Å². The van der Waals surface area contributed by atoms with Gasteiger partial charge in [-0.05, 0) is 30.3 Å². The zero-order chi connectivity index (χ0) is 19.9. The lowest BCUT2D eigenvalue weighted by Crippen LogP contribution is -2.40. The molecule has 0 aromatic heterocycles. The lowest BCUT2D eigenvalue weighted by atomic mass is 10.0. The molecule has 1 heterocycles. The highest BCUT2D eigenvalue weighted by molar-refractivity contribution is 6.03. The number of carbonyl (C=O) groups is 1. The van der Waals surface area contributed by atoms with Gasteiger partial charge < -0.3 is 19.8 Å². The van der Waals surface area contributed by atoms with Crippen LogP contribution < -0.4 is 10.1 Å². The van der Waals surface area contributed by atoms with Gasteiger partial charge >= 0.3 is 6.03 Å². The number of urea groups is 1. The van der Waals surface area contributed by atoms with Crippen molar-refractivity contribution in [3.63, 3.8) is 0 Å². The van der Waals surface area contributed by atoms with E-state index in [2.05, 4.69) is 17.1 Å². The Bertz CT molecular complexity index is 885. The largest absolute Gasteiger partial charge is 0.496 e. The fourth-order valence-electron chi connectivity index (χ4n) is 2.98. The van der Waals surface area contributed by atoms with Crippen LogP contribution in [0, 0.1) is 5.82 Å². The fourth-order valence-corrected chi connectivity index (χ4v) is 2.98. The molecule has 0 fully saturated rings. The molecular weight excluding hydrogens is 361 g/mol. The first-order chi connectivity index (χ1) is 13.6. The Labute approximate surface area is 163 Å². The number of carbonyl (C=O) groups excluding carboxylic acids is 1. The standard InChI is InChI=1S/C21H22FN3O3/c1-3-11-25(21(26)23-16-8-6-7-15(22)12-16)14-17-13-19(24-28-17)18-9-4-5-10-20(18)27-2/h3-10,12,17H,1,11,13-14H2,2H3,(H,23,26). The van der Waals surface area contributed by atoms with Gasteiger partial charge in [0.05, 0.1) is 19.4 Å². The van der Waals surface area contributed by atoms with Gasteiger partial charge in [0.2, 0.25) is 0 Å². The van der Waals surface area contributed by atoms with E-state index in [4.69, 9.17) is 9.57 Å². The van der Waals surface area contributed by atoms with Crippen LogP contribution in [-0.2, 0) is 4.84 Å².